The minimum Gasteiger partial charge on any atom is -0.310 e. The topological polar surface area (TPSA) is 12.0 Å². The van der Waals surface area contributed by atoms with Gasteiger partial charge in [-0.1, -0.05) is 55.3 Å². The first-order chi connectivity index (χ1) is 8.06. The molecule has 1 unspecified atom stereocenters. The molecule has 0 aromatic heterocycles. The highest BCUT2D eigenvalue weighted by Gasteiger charge is 2.11. The molecule has 1 aromatic rings. The fraction of sp³-hybridized carbons (Fsp3) is 0.500. The Hall–Kier alpha value is -1.08. The minimum atomic E-state index is 0.408. The fourth-order valence-electron chi connectivity index (χ4n) is 2.20. The zero-order valence-corrected chi connectivity index (χ0v) is 11.6. The number of benzene rings is 1. The summed E-state index contributed by atoms with van der Waals surface area (Å²) in [7, 11) is 0. The van der Waals surface area contributed by atoms with Gasteiger partial charge in [0.1, 0.15) is 0 Å². The van der Waals surface area contributed by atoms with Gasteiger partial charge < -0.3 is 5.32 Å². The maximum atomic E-state index is 4.13. The average Bonchev–Trinajstić information content (AvgIpc) is 2.27. The number of aryl methyl sites for hydroxylation is 2. The predicted molar refractivity (Wildman–Crippen MR) is 76.4 cm³/mol. The first-order valence-corrected chi connectivity index (χ1v) is 6.55. The molecule has 0 saturated heterocycles. The van der Waals surface area contributed by atoms with Crippen molar-refractivity contribution < 1.29 is 0 Å². The molecule has 0 aliphatic carbocycles. The third-order valence-electron chi connectivity index (χ3n) is 3.09. The lowest BCUT2D eigenvalue weighted by Crippen LogP contribution is -2.21. The Labute approximate surface area is 106 Å². The SMILES string of the molecule is C=C(CC)CC(NCC)c1cc(C)cc(C)c1. The monoisotopic (exact) mass is 231 g/mol. The third-order valence-corrected chi connectivity index (χ3v) is 3.09. The van der Waals surface area contributed by atoms with Crippen LogP contribution in [0.3, 0.4) is 0 Å². The maximum absolute atomic E-state index is 4.13. The molecule has 0 aliphatic rings. The summed E-state index contributed by atoms with van der Waals surface area (Å²) in [6.45, 7) is 13.8. The third kappa shape index (κ3) is 4.35. The molecule has 0 heterocycles. The highest BCUT2D eigenvalue weighted by atomic mass is 14.9. The van der Waals surface area contributed by atoms with Crippen molar-refractivity contribution in [3.05, 3.63) is 47.0 Å². The van der Waals surface area contributed by atoms with Crippen LogP contribution in [0.5, 0.6) is 0 Å². The standard InChI is InChI=1S/C16H25N/c1-6-12(3)11-16(17-7-2)15-9-13(4)8-14(5)10-15/h8-10,16-17H,3,6-7,11H2,1-2,4-5H3. The van der Waals surface area contributed by atoms with E-state index in [1.165, 1.54) is 22.3 Å². The van der Waals surface area contributed by atoms with Crippen LogP contribution in [0.1, 0.15) is 49.4 Å². The summed E-state index contributed by atoms with van der Waals surface area (Å²) in [4.78, 5) is 0. The molecule has 0 aliphatic heterocycles. The second-order valence-electron chi connectivity index (χ2n) is 4.84. The van der Waals surface area contributed by atoms with E-state index < -0.39 is 0 Å². The highest BCUT2D eigenvalue weighted by Crippen LogP contribution is 2.23. The van der Waals surface area contributed by atoms with Crippen molar-refractivity contribution in [1.29, 1.82) is 0 Å². The van der Waals surface area contributed by atoms with E-state index in [9.17, 15) is 0 Å². The highest BCUT2D eigenvalue weighted by molar-refractivity contribution is 5.31. The number of hydrogen-bond donors (Lipinski definition) is 1. The van der Waals surface area contributed by atoms with Gasteiger partial charge >= 0.3 is 0 Å². The molecule has 1 nitrogen and oxygen atoms in total. The lowest BCUT2D eigenvalue weighted by atomic mass is 9.95. The number of nitrogens with one attached hydrogen (secondary N) is 1. The van der Waals surface area contributed by atoms with Crippen LogP contribution >= 0.6 is 0 Å². The molecule has 1 N–H and O–H groups in total. The zero-order chi connectivity index (χ0) is 12.8. The Kier molecular flexibility index (Phi) is 5.43. The molecular weight excluding hydrogens is 206 g/mol. The van der Waals surface area contributed by atoms with Crippen LogP contribution in [0, 0.1) is 13.8 Å². The van der Waals surface area contributed by atoms with Gasteiger partial charge in [-0.05, 0) is 38.8 Å². The molecule has 1 heteroatoms. The van der Waals surface area contributed by atoms with Crippen LogP contribution in [0.25, 0.3) is 0 Å². The van der Waals surface area contributed by atoms with Gasteiger partial charge in [-0.2, -0.15) is 0 Å². The fourth-order valence-corrected chi connectivity index (χ4v) is 2.20. The second-order valence-corrected chi connectivity index (χ2v) is 4.84. The van der Waals surface area contributed by atoms with Gasteiger partial charge in [0.05, 0.1) is 0 Å². The van der Waals surface area contributed by atoms with Gasteiger partial charge in [-0.3, -0.25) is 0 Å². The molecule has 0 radical (unpaired) electrons. The normalized spacial score (nSPS) is 12.5. The number of rotatable bonds is 6. The van der Waals surface area contributed by atoms with E-state index >= 15 is 0 Å². The van der Waals surface area contributed by atoms with Crippen LogP contribution in [-0.4, -0.2) is 6.54 Å². The van der Waals surface area contributed by atoms with Crippen LogP contribution in [0.4, 0.5) is 0 Å². The van der Waals surface area contributed by atoms with E-state index in [-0.39, 0.29) is 0 Å². The van der Waals surface area contributed by atoms with Crippen LogP contribution < -0.4 is 5.32 Å². The molecule has 0 bridgehead atoms. The lowest BCUT2D eigenvalue weighted by molar-refractivity contribution is 0.542. The van der Waals surface area contributed by atoms with E-state index in [4.69, 9.17) is 0 Å². The molecule has 1 atom stereocenters. The first-order valence-electron chi connectivity index (χ1n) is 6.55. The van der Waals surface area contributed by atoms with Gasteiger partial charge in [-0.15, -0.1) is 0 Å². The van der Waals surface area contributed by atoms with E-state index in [2.05, 4.69) is 57.8 Å². The largest absolute Gasteiger partial charge is 0.310 e. The smallest absolute Gasteiger partial charge is 0.0357 e. The maximum Gasteiger partial charge on any atom is 0.0357 e. The van der Waals surface area contributed by atoms with Crippen molar-refractivity contribution in [3.63, 3.8) is 0 Å². The summed E-state index contributed by atoms with van der Waals surface area (Å²) < 4.78 is 0. The summed E-state index contributed by atoms with van der Waals surface area (Å²) in [6, 6.07) is 7.19. The first kappa shape index (κ1) is 14.0. The van der Waals surface area contributed by atoms with Crippen LogP contribution in [-0.2, 0) is 0 Å². The second kappa shape index (κ2) is 6.61. The predicted octanol–water partition coefficient (Wildman–Crippen LogP) is 4.31. The molecule has 1 aromatic carbocycles. The van der Waals surface area contributed by atoms with Gasteiger partial charge in [0.25, 0.3) is 0 Å². The van der Waals surface area contributed by atoms with Gasteiger partial charge in [0, 0.05) is 6.04 Å². The van der Waals surface area contributed by atoms with Crippen molar-refractivity contribution in [2.24, 2.45) is 0 Å². The van der Waals surface area contributed by atoms with E-state index in [0.717, 1.165) is 19.4 Å². The summed E-state index contributed by atoms with van der Waals surface area (Å²) >= 11 is 0. The lowest BCUT2D eigenvalue weighted by Gasteiger charge is -2.20. The van der Waals surface area contributed by atoms with Gasteiger partial charge in [0.15, 0.2) is 0 Å². The Balaban J connectivity index is 2.91. The number of hydrogen-bond acceptors (Lipinski definition) is 1. The summed E-state index contributed by atoms with van der Waals surface area (Å²) in [5.74, 6) is 0. The summed E-state index contributed by atoms with van der Waals surface area (Å²) in [6.07, 6.45) is 2.10. The van der Waals surface area contributed by atoms with Crippen molar-refractivity contribution >= 4 is 0 Å². The van der Waals surface area contributed by atoms with Crippen LogP contribution in [0.2, 0.25) is 0 Å². The molecular formula is C16H25N. The molecule has 0 spiro atoms. The molecule has 0 amide bonds. The van der Waals surface area contributed by atoms with Gasteiger partial charge in [-0.25, -0.2) is 0 Å². The summed E-state index contributed by atoms with van der Waals surface area (Å²) in [5, 5.41) is 3.56. The Bertz CT molecular complexity index is 359. The Morgan fingerprint density at radius 3 is 2.24 bits per heavy atom. The molecule has 0 fully saturated rings. The van der Waals surface area contributed by atoms with Crippen molar-refractivity contribution in [3.8, 4) is 0 Å². The van der Waals surface area contributed by atoms with Crippen molar-refractivity contribution in [2.45, 2.75) is 46.6 Å². The van der Waals surface area contributed by atoms with E-state index in [1.807, 2.05) is 0 Å². The van der Waals surface area contributed by atoms with Crippen molar-refractivity contribution in [2.75, 3.05) is 6.54 Å². The van der Waals surface area contributed by atoms with Crippen molar-refractivity contribution in [1.82, 2.24) is 5.32 Å². The van der Waals surface area contributed by atoms with E-state index in [1.54, 1.807) is 0 Å². The zero-order valence-electron chi connectivity index (χ0n) is 11.6. The molecule has 1 rings (SSSR count). The Morgan fingerprint density at radius 1 is 1.18 bits per heavy atom. The Morgan fingerprint density at radius 2 is 1.76 bits per heavy atom. The average molecular weight is 231 g/mol. The quantitative estimate of drug-likeness (QED) is 0.719. The van der Waals surface area contributed by atoms with E-state index in [0.29, 0.717) is 6.04 Å². The molecule has 94 valence electrons. The summed E-state index contributed by atoms with van der Waals surface area (Å²) in [5.41, 5.74) is 5.38. The molecule has 0 saturated carbocycles. The minimum absolute atomic E-state index is 0.408. The molecule has 17 heavy (non-hydrogen) atoms. The van der Waals surface area contributed by atoms with Gasteiger partial charge in [0.2, 0.25) is 0 Å². The van der Waals surface area contributed by atoms with Crippen LogP contribution in [0.15, 0.2) is 30.4 Å².